The fourth-order valence-corrected chi connectivity index (χ4v) is 2.75. The van der Waals surface area contributed by atoms with Gasteiger partial charge >= 0.3 is 5.97 Å². The lowest BCUT2D eigenvalue weighted by molar-refractivity contribution is -0.145. The average molecular weight is 503 g/mol. The highest BCUT2D eigenvalue weighted by Gasteiger charge is 2.30. The molecule has 200 valence electrons. The van der Waals surface area contributed by atoms with Crippen molar-refractivity contribution in [2.75, 3.05) is 13.1 Å². The zero-order valence-electron chi connectivity index (χ0n) is 19.9. The number of carboxylic acid groups (broad SMARTS) is 1. The number of carbonyl (C=O) groups is 4. The molecule has 5 atom stereocenters. The number of nitrogens with zero attached hydrogens (tertiary/aromatic N) is 2. The highest BCUT2D eigenvalue weighted by atomic mass is 16.4. The summed E-state index contributed by atoms with van der Waals surface area (Å²) in [6.07, 6.45) is -0.363. The lowest BCUT2D eigenvalue weighted by atomic mass is 10.1. The predicted octanol–water partition coefficient (Wildman–Crippen LogP) is -4.64. The molecule has 3 amide bonds. The molecular weight excluding hydrogens is 464 g/mol. The molecule has 35 heavy (non-hydrogen) atoms. The lowest BCUT2D eigenvalue weighted by Crippen LogP contribution is -2.57. The third-order valence-corrected chi connectivity index (χ3v) is 4.68. The first-order valence-corrected chi connectivity index (χ1v) is 10.9. The van der Waals surface area contributed by atoms with E-state index in [4.69, 9.17) is 28.7 Å². The molecule has 0 aliphatic carbocycles. The number of aliphatic imine (C=N–C) groups is 2. The van der Waals surface area contributed by atoms with Crippen LogP contribution in [0.3, 0.4) is 0 Å². The van der Waals surface area contributed by atoms with Crippen LogP contribution in [0.4, 0.5) is 0 Å². The summed E-state index contributed by atoms with van der Waals surface area (Å²) >= 11 is 0. The van der Waals surface area contributed by atoms with Crippen LogP contribution in [0.15, 0.2) is 9.98 Å². The molecule has 0 radical (unpaired) electrons. The second-order valence-electron chi connectivity index (χ2n) is 7.86. The second kappa shape index (κ2) is 16.0. The molecule has 15 N–H and O–H groups in total. The molecule has 16 nitrogen and oxygen atoms in total. The van der Waals surface area contributed by atoms with Gasteiger partial charge in [0.25, 0.3) is 0 Å². The Morgan fingerprint density at radius 2 is 1.31 bits per heavy atom. The van der Waals surface area contributed by atoms with Crippen molar-refractivity contribution >= 4 is 35.6 Å². The van der Waals surface area contributed by atoms with Crippen LogP contribution in [0.2, 0.25) is 0 Å². The number of nitrogens with two attached hydrogens (primary N) is 5. The van der Waals surface area contributed by atoms with Crippen molar-refractivity contribution in [1.82, 2.24) is 16.0 Å². The van der Waals surface area contributed by atoms with Crippen LogP contribution in [0.1, 0.15) is 39.5 Å². The molecule has 0 aliphatic heterocycles. The van der Waals surface area contributed by atoms with Gasteiger partial charge in [-0.3, -0.25) is 24.4 Å². The van der Waals surface area contributed by atoms with Gasteiger partial charge in [0.2, 0.25) is 17.7 Å². The summed E-state index contributed by atoms with van der Waals surface area (Å²) in [7, 11) is 0. The van der Waals surface area contributed by atoms with E-state index >= 15 is 0 Å². The Morgan fingerprint density at radius 3 is 1.77 bits per heavy atom. The molecule has 0 aromatic carbocycles. The fraction of sp³-hybridized carbons (Fsp3) is 0.684. The molecule has 0 bridgehead atoms. The number of nitrogens with one attached hydrogen (secondary N) is 3. The number of guanidine groups is 2. The Bertz CT molecular complexity index is 780. The van der Waals surface area contributed by atoms with E-state index in [1.807, 2.05) is 0 Å². The van der Waals surface area contributed by atoms with E-state index in [1.54, 1.807) is 0 Å². The van der Waals surface area contributed by atoms with Gasteiger partial charge in [-0.15, -0.1) is 0 Å². The number of aliphatic hydroxyl groups is 1. The largest absolute Gasteiger partial charge is 0.480 e. The average Bonchev–Trinajstić information content (AvgIpc) is 2.75. The maximum absolute atomic E-state index is 12.7. The number of rotatable bonds is 16. The minimum absolute atomic E-state index is 0.0471. The Labute approximate surface area is 203 Å². The van der Waals surface area contributed by atoms with Gasteiger partial charge in [0.05, 0.1) is 12.1 Å². The van der Waals surface area contributed by atoms with Crippen molar-refractivity contribution in [2.24, 2.45) is 38.7 Å². The Hall–Kier alpha value is -3.66. The zero-order valence-corrected chi connectivity index (χ0v) is 19.9. The monoisotopic (exact) mass is 502 g/mol. The number of aliphatic carboxylic acids is 1. The van der Waals surface area contributed by atoms with Crippen molar-refractivity contribution in [3.05, 3.63) is 0 Å². The number of hydrogen-bond donors (Lipinski definition) is 10. The fourth-order valence-electron chi connectivity index (χ4n) is 2.75. The maximum Gasteiger partial charge on any atom is 0.328 e. The van der Waals surface area contributed by atoms with Gasteiger partial charge < -0.3 is 54.8 Å². The molecule has 16 heteroatoms. The van der Waals surface area contributed by atoms with Crippen molar-refractivity contribution in [3.8, 4) is 0 Å². The van der Waals surface area contributed by atoms with Crippen LogP contribution in [-0.2, 0) is 19.2 Å². The van der Waals surface area contributed by atoms with Gasteiger partial charge in [0, 0.05) is 13.1 Å². The first-order valence-electron chi connectivity index (χ1n) is 10.9. The van der Waals surface area contributed by atoms with E-state index in [1.165, 1.54) is 13.8 Å². The molecule has 0 rings (SSSR count). The van der Waals surface area contributed by atoms with E-state index in [9.17, 15) is 29.4 Å². The quantitative estimate of drug-likeness (QED) is 0.0543. The minimum atomic E-state index is -1.59. The van der Waals surface area contributed by atoms with E-state index in [0.717, 1.165) is 0 Å². The smallest absolute Gasteiger partial charge is 0.328 e. The summed E-state index contributed by atoms with van der Waals surface area (Å²) in [5.74, 6) is -3.82. The van der Waals surface area contributed by atoms with Crippen LogP contribution < -0.4 is 44.6 Å². The van der Waals surface area contributed by atoms with Crippen LogP contribution in [0, 0.1) is 0 Å². The number of hydrogen-bond acceptors (Lipinski definition) is 8. The first-order chi connectivity index (χ1) is 16.3. The van der Waals surface area contributed by atoms with Crippen LogP contribution in [0.5, 0.6) is 0 Å². The van der Waals surface area contributed by atoms with Gasteiger partial charge in [0.1, 0.15) is 12.1 Å². The normalized spacial score (nSPS) is 14.9. The van der Waals surface area contributed by atoms with E-state index in [0.29, 0.717) is 13.0 Å². The molecule has 0 aromatic heterocycles. The van der Waals surface area contributed by atoms with Gasteiger partial charge in [-0.25, -0.2) is 4.79 Å². The van der Waals surface area contributed by atoms with Gasteiger partial charge in [-0.2, -0.15) is 0 Å². The summed E-state index contributed by atoms with van der Waals surface area (Å²) in [6, 6.07) is -4.76. The molecule has 0 saturated carbocycles. The molecule has 0 spiro atoms. The lowest BCUT2D eigenvalue weighted by Gasteiger charge is -2.24. The second-order valence-corrected chi connectivity index (χ2v) is 7.86. The Kier molecular flexibility index (Phi) is 14.4. The van der Waals surface area contributed by atoms with Crippen molar-refractivity contribution < 1.29 is 29.4 Å². The van der Waals surface area contributed by atoms with E-state index < -0.39 is 54.0 Å². The van der Waals surface area contributed by atoms with Crippen molar-refractivity contribution in [1.29, 1.82) is 0 Å². The molecule has 0 fully saturated rings. The minimum Gasteiger partial charge on any atom is -0.480 e. The van der Waals surface area contributed by atoms with E-state index in [-0.39, 0.29) is 37.7 Å². The molecule has 0 aliphatic rings. The maximum atomic E-state index is 12.7. The number of carboxylic acids is 1. The molecule has 5 unspecified atom stereocenters. The third kappa shape index (κ3) is 13.6. The predicted molar refractivity (Wildman–Crippen MR) is 129 cm³/mol. The molecule has 0 heterocycles. The van der Waals surface area contributed by atoms with Gasteiger partial charge in [-0.05, 0) is 39.5 Å². The SMILES string of the molecule is CC(NC(=O)C(N)CCCN=C(N)N)C(=O)NC(CCCN=C(N)N)C(=O)NC(C(=O)O)C(C)O. The van der Waals surface area contributed by atoms with Crippen LogP contribution in [0.25, 0.3) is 0 Å². The standard InChI is InChI=1S/C19H38N10O6/c1-9(27-15(32)11(20)5-3-7-25-18(21)22)14(31)28-12(6-4-8-26-19(23)24)16(33)29-13(10(2)30)17(34)35/h9-13,30H,3-8,20H2,1-2H3,(H,27,32)(H,28,31)(H,29,33)(H,34,35)(H4,21,22,25)(H4,23,24,26). The van der Waals surface area contributed by atoms with Crippen LogP contribution >= 0.6 is 0 Å². The van der Waals surface area contributed by atoms with E-state index in [2.05, 4.69) is 25.9 Å². The number of aliphatic hydroxyl groups excluding tert-OH is 1. The number of carbonyl (C=O) groups excluding carboxylic acids is 3. The summed E-state index contributed by atoms with van der Waals surface area (Å²) in [6.45, 7) is 3.04. The van der Waals surface area contributed by atoms with Crippen molar-refractivity contribution in [2.45, 2.75) is 69.8 Å². The summed E-state index contributed by atoms with van der Waals surface area (Å²) in [5.41, 5.74) is 26.8. The topological polar surface area (TPSA) is 300 Å². The van der Waals surface area contributed by atoms with Crippen LogP contribution in [-0.4, -0.2) is 89.2 Å². The first kappa shape index (κ1) is 31.3. The Balaban J connectivity index is 5.11. The molecule has 0 saturated heterocycles. The summed E-state index contributed by atoms with van der Waals surface area (Å²) in [5, 5.41) is 25.9. The van der Waals surface area contributed by atoms with Gasteiger partial charge in [-0.1, -0.05) is 0 Å². The zero-order chi connectivity index (χ0) is 27.1. The summed E-state index contributed by atoms with van der Waals surface area (Å²) < 4.78 is 0. The summed E-state index contributed by atoms with van der Waals surface area (Å²) in [4.78, 5) is 56.4. The number of amides is 3. The molecule has 0 aromatic rings. The van der Waals surface area contributed by atoms with Crippen molar-refractivity contribution in [3.63, 3.8) is 0 Å². The Morgan fingerprint density at radius 1 is 0.800 bits per heavy atom. The third-order valence-electron chi connectivity index (χ3n) is 4.68. The molecular formula is C19H38N10O6. The highest BCUT2D eigenvalue weighted by molar-refractivity contribution is 5.94. The van der Waals surface area contributed by atoms with Gasteiger partial charge in [0.15, 0.2) is 18.0 Å². The highest BCUT2D eigenvalue weighted by Crippen LogP contribution is 2.03.